The molecule has 0 aliphatic heterocycles. The topological polar surface area (TPSA) is 29.6 Å². The molecule has 3 rings (SSSR count). The Bertz CT molecular complexity index is 790. The van der Waals surface area contributed by atoms with Crippen LogP contribution in [-0.2, 0) is 0 Å². The molecular weight excluding hydrogens is 270 g/mol. The predicted octanol–water partition coefficient (Wildman–Crippen LogP) is 4.80. The molecule has 3 aromatic rings. The minimum Gasteiger partial charge on any atom is -0.274 e. The number of rotatable bonds is 3. The lowest BCUT2D eigenvalue weighted by Gasteiger charge is -2.07. The van der Waals surface area contributed by atoms with Crippen LogP contribution in [-0.4, -0.2) is 10.7 Å². The van der Waals surface area contributed by atoms with Gasteiger partial charge in [-0.05, 0) is 6.07 Å². The number of hydrogen-bond donors (Lipinski definition) is 0. The van der Waals surface area contributed by atoms with Crippen molar-refractivity contribution in [3.63, 3.8) is 0 Å². The third kappa shape index (κ3) is 3.08. The average Bonchev–Trinajstić information content (AvgIpc) is 2.61. The Morgan fingerprint density at radius 3 is 2.00 bits per heavy atom. The lowest BCUT2D eigenvalue weighted by molar-refractivity contribution is 1.31. The second kappa shape index (κ2) is 6.47. The van der Waals surface area contributed by atoms with Gasteiger partial charge in [0.25, 0.3) is 0 Å². The monoisotopic (exact) mass is 283 g/mol. The molecule has 0 atom stereocenters. The highest BCUT2D eigenvalue weighted by molar-refractivity contribution is 6.13. The van der Waals surface area contributed by atoms with Gasteiger partial charge in [0.05, 0.1) is 18.0 Å². The smallest absolute Gasteiger partial charge is 0.207 e. The van der Waals surface area contributed by atoms with E-state index in [-0.39, 0.29) is 0 Å². The van der Waals surface area contributed by atoms with Gasteiger partial charge in [-0.25, -0.2) is 9.84 Å². The van der Waals surface area contributed by atoms with Gasteiger partial charge in [0, 0.05) is 23.5 Å². The van der Waals surface area contributed by atoms with Crippen molar-refractivity contribution < 1.29 is 0 Å². The Labute approximate surface area is 129 Å². The molecule has 22 heavy (non-hydrogen) atoms. The zero-order valence-electron chi connectivity index (χ0n) is 11.8. The van der Waals surface area contributed by atoms with Gasteiger partial charge in [0.15, 0.2) is 0 Å². The van der Waals surface area contributed by atoms with Crippen molar-refractivity contribution in [1.29, 1.82) is 0 Å². The SMILES string of the molecule is [C-]#[N+]c1cncc(N=C(c2ccccc2)c2ccccc2)c1. The molecule has 3 nitrogen and oxygen atoms in total. The number of aromatic nitrogens is 1. The second-order valence-electron chi connectivity index (χ2n) is 4.71. The van der Waals surface area contributed by atoms with Crippen LogP contribution in [0, 0.1) is 6.57 Å². The van der Waals surface area contributed by atoms with Crippen molar-refractivity contribution in [2.45, 2.75) is 0 Å². The Balaban J connectivity index is 2.13. The summed E-state index contributed by atoms with van der Waals surface area (Å²) in [5.74, 6) is 0. The molecule has 2 aromatic carbocycles. The van der Waals surface area contributed by atoms with Gasteiger partial charge in [-0.2, -0.15) is 0 Å². The first-order valence-electron chi connectivity index (χ1n) is 6.89. The maximum atomic E-state index is 7.09. The van der Waals surface area contributed by atoms with Crippen molar-refractivity contribution in [2.75, 3.05) is 0 Å². The maximum Gasteiger partial charge on any atom is 0.207 e. The van der Waals surface area contributed by atoms with Gasteiger partial charge in [-0.15, -0.1) is 0 Å². The molecule has 104 valence electrons. The van der Waals surface area contributed by atoms with E-state index in [1.54, 1.807) is 12.3 Å². The van der Waals surface area contributed by atoms with Crippen LogP contribution in [0.25, 0.3) is 4.85 Å². The van der Waals surface area contributed by atoms with Crippen molar-refractivity contribution >= 4 is 17.1 Å². The van der Waals surface area contributed by atoms with E-state index < -0.39 is 0 Å². The average molecular weight is 283 g/mol. The van der Waals surface area contributed by atoms with Crippen LogP contribution in [0.3, 0.4) is 0 Å². The largest absolute Gasteiger partial charge is 0.274 e. The minimum atomic E-state index is 0.488. The fraction of sp³-hybridized carbons (Fsp3) is 0. The van der Waals surface area contributed by atoms with Gasteiger partial charge in [0.1, 0.15) is 0 Å². The Kier molecular flexibility index (Phi) is 4.03. The van der Waals surface area contributed by atoms with E-state index in [1.807, 2.05) is 60.7 Å². The highest BCUT2D eigenvalue weighted by atomic mass is 14.8. The molecular formula is C19H13N3. The summed E-state index contributed by atoms with van der Waals surface area (Å²) in [5, 5.41) is 0. The van der Waals surface area contributed by atoms with Crippen molar-refractivity contribution in [3.05, 3.63) is 102 Å². The first kappa shape index (κ1) is 13.7. The zero-order chi connectivity index (χ0) is 15.2. The Morgan fingerprint density at radius 1 is 0.864 bits per heavy atom. The molecule has 3 heteroatoms. The fourth-order valence-electron chi connectivity index (χ4n) is 2.16. The third-order valence-electron chi connectivity index (χ3n) is 3.17. The van der Waals surface area contributed by atoms with Gasteiger partial charge in [-0.1, -0.05) is 60.7 Å². The summed E-state index contributed by atoms with van der Waals surface area (Å²) >= 11 is 0. The van der Waals surface area contributed by atoms with E-state index >= 15 is 0 Å². The normalized spacial score (nSPS) is 9.77. The van der Waals surface area contributed by atoms with Gasteiger partial charge in [0.2, 0.25) is 5.69 Å². The third-order valence-corrected chi connectivity index (χ3v) is 3.17. The second-order valence-corrected chi connectivity index (χ2v) is 4.71. The zero-order valence-corrected chi connectivity index (χ0v) is 11.8. The van der Waals surface area contributed by atoms with Crippen molar-refractivity contribution in [2.24, 2.45) is 4.99 Å². The minimum absolute atomic E-state index is 0.488. The van der Waals surface area contributed by atoms with Crippen molar-refractivity contribution in [1.82, 2.24) is 4.98 Å². The van der Waals surface area contributed by atoms with Crippen LogP contribution in [0.5, 0.6) is 0 Å². The molecule has 0 spiro atoms. The molecule has 1 aromatic heterocycles. The van der Waals surface area contributed by atoms with Crippen LogP contribution >= 0.6 is 0 Å². The highest BCUT2D eigenvalue weighted by Gasteiger charge is 2.07. The summed E-state index contributed by atoms with van der Waals surface area (Å²) in [7, 11) is 0. The molecule has 0 saturated carbocycles. The highest BCUT2D eigenvalue weighted by Crippen LogP contribution is 2.21. The first-order chi connectivity index (χ1) is 10.9. The number of benzene rings is 2. The summed E-state index contributed by atoms with van der Waals surface area (Å²) in [4.78, 5) is 12.2. The molecule has 0 N–H and O–H groups in total. The molecule has 1 heterocycles. The lowest BCUT2D eigenvalue weighted by atomic mass is 10.0. The summed E-state index contributed by atoms with van der Waals surface area (Å²) in [5.41, 5.74) is 4.09. The number of nitrogens with zero attached hydrogens (tertiary/aromatic N) is 3. The maximum absolute atomic E-state index is 7.09. The molecule has 0 bridgehead atoms. The van der Waals surface area contributed by atoms with Crippen molar-refractivity contribution in [3.8, 4) is 0 Å². The van der Waals surface area contributed by atoms with E-state index in [4.69, 9.17) is 11.6 Å². The van der Waals surface area contributed by atoms with E-state index in [2.05, 4.69) is 9.83 Å². The molecule has 0 amide bonds. The quantitative estimate of drug-likeness (QED) is 0.501. The summed E-state index contributed by atoms with van der Waals surface area (Å²) in [6, 6.07) is 21.8. The van der Waals surface area contributed by atoms with E-state index in [0.29, 0.717) is 11.4 Å². The Morgan fingerprint density at radius 2 is 1.45 bits per heavy atom. The van der Waals surface area contributed by atoms with Crippen LogP contribution in [0.15, 0.2) is 84.1 Å². The molecule has 0 saturated heterocycles. The van der Waals surface area contributed by atoms with Gasteiger partial charge in [-0.3, -0.25) is 4.98 Å². The van der Waals surface area contributed by atoms with Gasteiger partial charge < -0.3 is 0 Å². The molecule has 0 unspecified atom stereocenters. The standard InChI is InChI=1S/C19H13N3/c1-20-17-12-18(14-21-13-17)22-19(15-8-4-2-5-9-15)16-10-6-3-7-11-16/h2-14H. The summed E-state index contributed by atoms with van der Waals surface area (Å²) in [6.07, 6.45) is 3.21. The van der Waals surface area contributed by atoms with Crippen LogP contribution in [0.2, 0.25) is 0 Å². The lowest BCUT2D eigenvalue weighted by Crippen LogP contribution is -2.02. The fourth-order valence-corrected chi connectivity index (χ4v) is 2.16. The number of pyridine rings is 1. The molecule has 0 aliphatic carbocycles. The first-order valence-corrected chi connectivity index (χ1v) is 6.89. The van der Waals surface area contributed by atoms with Crippen LogP contribution in [0.4, 0.5) is 11.4 Å². The number of hydrogen-bond acceptors (Lipinski definition) is 2. The molecule has 0 aliphatic rings. The van der Waals surface area contributed by atoms with E-state index in [0.717, 1.165) is 16.8 Å². The van der Waals surface area contributed by atoms with Crippen LogP contribution < -0.4 is 0 Å². The number of aliphatic imine (C=N–C) groups is 1. The van der Waals surface area contributed by atoms with E-state index in [9.17, 15) is 0 Å². The van der Waals surface area contributed by atoms with Gasteiger partial charge >= 0.3 is 0 Å². The summed E-state index contributed by atoms with van der Waals surface area (Å²) < 4.78 is 0. The molecule has 0 radical (unpaired) electrons. The molecule has 0 fully saturated rings. The Hall–Kier alpha value is -3.25. The van der Waals surface area contributed by atoms with E-state index in [1.165, 1.54) is 6.20 Å². The predicted molar refractivity (Wildman–Crippen MR) is 88.7 cm³/mol. The summed E-state index contributed by atoms with van der Waals surface area (Å²) in [6.45, 7) is 7.09. The van der Waals surface area contributed by atoms with Crippen LogP contribution in [0.1, 0.15) is 11.1 Å².